The van der Waals surface area contributed by atoms with Crippen LogP contribution >= 0.6 is 0 Å². The molecule has 0 aliphatic carbocycles. The number of hydrogen-bond donors (Lipinski definition) is 0. The van der Waals surface area contributed by atoms with Gasteiger partial charge in [-0.05, 0) is 0 Å². The van der Waals surface area contributed by atoms with Gasteiger partial charge in [0.15, 0.2) is 0 Å². The molecule has 0 aliphatic heterocycles. The van der Waals surface area contributed by atoms with Crippen molar-refractivity contribution in [1.29, 1.82) is 0 Å². The molecule has 0 aliphatic rings. The van der Waals surface area contributed by atoms with E-state index in [0.29, 0.717) is 0 Å². The Morgan fingerprint density at radius 1 is 0.429 bits per heavy atom. The molecule has 0 aromatic heterocycles. The number of halogens is 4. The molecule has 0 N–H and O–H groups in total. The van der Waals surface area contributed by atoms with Gasteiger partial charge in [0, 0.05) is 0 Å². The van der Waals surface area contributed by atoms with Crippen LogP contribution in [0.3, 0.4) is 0 Å². The molecule has 0 bridgehead atoms. The van der Waals surface area contributed by atoms with E-state index in [0.717, 1.165) is 0 Å². The summed E-state index contributed by atoms with van der Waals surface area (Å²) in [4.78, 5) is 0. The van der Waals surface area contributed by atoms with Gasteiger partial charge < -0.3 is 49.6 Å². The van der Waals surface area contributed by atoms with Crippen LogP contribution in [-0.4, -0.2) is 0 Å². The molecule has 0 aromatic rings. The summed E-state index contributed by atoms with van der Waals surface area (Å²) >= 11 is 0. The molecule has 0 rings (SSSR count). The smallest absolute Gasteiger partial charge is 1.00 e. The quantitative estimate of drug-likeness (QED) is 0.385. The van der Waals surface area contributed by atoms with E-state index in [2.05, 4.69) is 0 Å². The van der Waals surface area contributed by atoms with E-state index in [9.17, 15) is 0 Å². The summed E-state index contributed by atoms with van der Waals surface area (Å²) in [5.41, 5.74) is 0. The van der Waals surface area contributed by atoms with Crippen molar-refractivity contribution in [3.8, 4) is 0 Å². The summed E-state index contributed by atoms with van der Waals surface area (Å²) in [5, 5.41) is 0. The summed E-state index contributed by atoms with van der Waals surface area (Å²) in [7, 11) is 0. The maximum absolute atomic E-state index is 0. The van der Waals surface area contributed by atoms with Gasteiger partial charge in [0.25, 0.3) is 0 Å². The molecular formula is Cl4FeK2. The molecule has 0 fully saturated rings. The third kappa shape index (κ3) is 35.8. The predicted octanol–water partition coefficient (Wildman–Crippen LogP) is -18.0. The van der Waals surface area contributed by atoms with Crippen LogP contribution in [0, 0.1) is 0 Å². The molecule has 38 valence electrons. The van der Waals surface area contributed by atoms with E-state index in [1.165, 1.54) is 0 Å². The Hall–Kier alpha value is 4.95. The summed E-state index contributed by atoms with van der Waals surface area (Å²) in [6.07, 6.45) is 0. The van der Waals surface area contributed by atoms with E-state index in [4.69, 9.17) is 0 Å². The fourth-order valence-corrected chi connectivity index (χ4v) is 0. The topological polar surface area (TPSA) is 0 Å². The average molecular weight is 276 g/mol. The second-order valence-corrected chi connectivity index (χ2v) is 0. The van der Waals surface area contributed by atoms with Gasteiger partial charge in [-0.2, -0.15) is 0 Å². The largest absolute Gasteiger partial charge is 2.00 e. The van der Waals surface area contributed by atoms with Crippen LogP contribution in [0.1, 0.15) is 0 Å². The fraction of sp³-hybridized carbons (Fsp3) is 0. The van der Waals surface area contributed by atoms with E-state index in [1.807, 2.05) is 0 Å². The normalized spacial score (nSPS) is 0. The van der Waals surface area contributed by atoms with E-state index in [1.54, 1.807) is 0 Å². The first-order chi connectivity index (χ1) is 0. The van der Waals surface area contributed by atoms with Crippen LogP contribution in [-0.2, 0) is 17.1 Å². The van der Waals surface area contributed by atoms with Crippen LogP contribution in [0.4, 0.5) is 0 Å². The molecule has 0 saturated heterocycles. The van der Waals surface area contributed by atoms with Crippen molar-refractivity contribution < 1.29 is 169 Å². The molecule has 0 unspecified atom stereocenters. The van der Waals surface area contributed by atoms with Gasteiger partial charge in [-0.25, -0.2) is 0 Å². The van der Waals surface area contributed by atoms with Gasteiger partial charge in [0.05, 0.1) is 0 Å². The van der Waals surface area contributed by atoms with Crippen LogP contribution in [0.15, 0.2) is 0 Å². The Morgan fingerprint density at radius 2 is 0.429 bits per heavy atom. The van der Waals surface area contributed by atoms with Gasteiger partial charge in [-0.3, -0.25) is 0 Å². The Bertz CT molecular complexity index is 9.65. The van der Waals surface area contributed by atoms with E-state index in [-0.39, 0.29) is 169 Å². The summed E-state index contributed by atoms with van der Waals surface area (Å²) in [6, 6.07) is 0. The molecule has 0 saturated carbocycles. The zero-order valence-corrected chi connectivity index (χ0v) is 14.2. The molecule has 0 amide bonds. The van der Waals surface area contributed by atoms with Crippen LogP contribution in [0.2, 0.25) is 0 Å². The van der Waals surface area contributed by atoms with E-state index < -0.39 is 0 Å². The third-order valence-corrected chi connectivity index (χ3v) is 0. The van der Waals surface area contributed by atoms with Crippen molar-refractivity contribution >= 4 is 0 Å². The molecule has 0 nitrogen and oxygen atoms in total. The minimum atomic E-state index is 0. The van der Waals surface area contributed by atoms with Crippen molar-refractivity contribution in [2.45, 2.75) is 0 Å². The predicted molar refractivity (Wildman–Crippen MR) is 0 cm³/mol. The molecular weight excluding hydrogens is 276 g/mol. The van der Waals surface area contributed by atoms with Crippen LogP contribution < -0.4 is 152 Å². The van der Waals surface area contributed by atoms with E-state index >= 15 is 0 Å². The SMILES string of the molecule is [Cl-].[Cl-].[Cl-].[Cl-].[Fe+2].[K+].[K+]. The first-order valence-corrected chi connectivity index (χ1v) is 0. The van der Waals surface area contributed by atoms with Crippen molar-refractivity contribution in [2.75, 3.05) is 0 Å². The minimum Gasteiger partial charge on any atom is -1.00 e. The molecule has 0 radical (unpaired) electrons. The Labute approximate surface area is 164 Å². The van der Waals surface area contributed by atoms with Gasteiger partial charge in [-0.1, -0.05) is 0 Å². The molecule has 0 atom stereocenters. The molecule has 0 spiro atoms. The zero-order valence-electron chi connectivity index (χ0n) is 3.87. The molecule has 0 aromatic carbocycles. The minimum absolute atomic E-state index is 0. The van der Waals surface area contributed by atoms with Gasteiger partial charge in [0.1, 0.15) is 0 Å². The second kappa shape index (κ2) is 44.2. The molecule has 7 heavy (non-hydrogen) atoms. The first kappa shape index (κ1) is 58.5. The monoisotopic (exact) mass is 274 g/mol. The van der Waals surface area contributed by atoms with Crippen LogP contribution in [0.5, 0.6) is 0 Å². The van der Waals surface area contributed by atoms with Crippen LogP contribution in [0.25, 0.3) is 0 Å². The number of hydrogen-bond acceptors (Lipinski definition) is 0. The third-order valence-electron chi connectivity index (χ3n) is 0. The van der Waals surface area contributed by atoms with Crippen molar-refractivity contribution in [3.63, 3.8) is 0 Å². The van der Waals surface area contributed by atoms with Gasteiger partial charge >= 0.3 is 120 Å². The Kier molecular flexibility index (Phi) is 369. The zero-order chi connectivity index (χ0) is 0. The fourth-order valence-electron chi connectivity index (χ4n) is 0. The summed E-state index contributed by atoms with van der Waals surface area (Å²) < 4.78 is 0. The van der Waals surface area contributed by atoms with Crippen molar-refractivity contribution in [1.82, 2.24) is 0 Å². The second-order valence-electron chi connectivity index (χ2n) is 0. The molecule has 0 heterocycles. The maximum Gasteiger partial charge on any atom is 2.00 e. The van der Waals surface area contributed by atoms with Gasteiger partial charge in [-0.15, -0.1) is 0 Å². The maximum atomic E-state index is 0. The van der Waals surface area contributed by atoms with Crippen molar-refractivity contribution in [2.24, 2.45) is 0 Å². The average Bonchev–Trinajstić information content (AvgIpc) is 0. The van der Waals surface area contributed by atoms with Gasteiger partial charge in [0.2, 0.25) is 0 Å². The van der Waals surface area contributed by atoms with Crippen molar-refractivity contribution in [3.05, 3.63) is 0 Å². The first-order valence-electron chi connectivity index (χ1n) is 0. The molecule has 7 heteroatoms. The summed E-state index contributed by atoms with van der Waals surface area (Å²) in [5.74, 6) is 0. The number of rotatable bonds is 0. The Morgan fingerprint density at radius 3 is 0.429 bits per heavy atom. The standard InChI is InChI=1S/4ClH.Fe.2K/h4*1H;;;/q;;;;+2;2*+1/p-4. The summed E-state index contributed by atoms with van der Waals surface area (Å²) in [6.45, 7) is 0. The Balaban J connectivity index is 0.